The molecule has 1 aliphatic rings. The summed E-state index contributed by atoms with van der Waals surface area (Å²) in [6.45, 7) is 5.62. The van der Waals surface area contributed by atoms with Gasteiger partial charge >= 0.3 is 0 Å². The van der Waals surface area contributed by atoms with E-state index in [0.717, 1.165) is 42.2 Å². The monoisotopic (exact) mass is 526 g/mol. The minimum Gasteiger partial charge on any atom is -0.497 e. The van der Waals surface area contributed by atoms with Crippen LogP contribution in [0.5, 0.6) is 5.75 Å². The number of guanidine groups is 1. The fraction of sp³-hybridized carbons (Fsp3) is 0.591. The first-order valence-electron chi connectivity index (χ1n) is 10.6. The average molecular weight is 526 g/mol. The van der Waals surface area contributed by atoms with Crippen LogP contribution in [0.25, 0.3) is 0 Å². The van der Waals surface area contributed by atoms with Crippen molar-refractivity contribution in [3.63, 3.8) is 0 Å². The lowest BCUT2D eigenvalue weighted by Crippen LogP contribution is -2.45. The van der Waals surface area contributed by atoms with Gasteiger partial charge in [0, 0.05) is 19.6 Å². The first-order chi connectivity index (χ1) is 14.0. The van der Waals surface area contributed by atoms with Gasteiger partial charge in [0.25, 0.3) is 0 Å². The summed E-state index contributed by atoms with van der Waals surface area (Å²) in [5, 5.41) is 15.5. The average Bonchev–Trinajstić information content (AvgIpc) is 3.04. The second kappa shape index (κ2) is 12.1. The van der Waals surface area contributed by atoms with Crippen LogP contribution in [0.15, 0.2) is 29.3 Å². The van der Waals surface area contributed by atoms with Crippen LogP contribution in [0.3, 0.4) is 0 Å². The van der Waals surface area contributed by atoms with E-state index in [9.17, 15) is 0 Å². The molecule has 1 aromatic heterocycles. The number of ether oxygens (including phenoxy) is 1. The summed E-state index contributed by atoms with van der Waals surface area (Å²) < 4.78 is 7.22. The van der Waals surface area contributed by atoms with E-state index in [1.165, 1.54) is 31.2 Å². The molecule has 0 aliphatic heterocycles. The Morgan fingerprint density at radius 2 is 2.00 bits per heavy atom. The Labute approximate surface area is 197 Å². The van der Waals surface area contributed by atoms with Crippen molar-refractivity contribution < 1.29 is 4.74 Å². The third-order valence-electron chi connectivity index (χ3n) is 5.70. The van der Waals surface area contributed by atoms with Gasteiger partial charge in [-0.15, -0.1) is 34.2 Å². The maximum atomic E-state index is 5.23. The van der Waals surface area contributed by atoms with Crippen LogP contribution in [0.2, 0.25) is 0 Å². The molecule has 1 aliphatic carbocycles. The normalized spacial score (nSPS) is 19.1. The van der Waals surface area contributed by atoms with Crippen molar-refractivity contribution >= 4 is 29.9 Å². The molecule has 0 bridgehead atoms. The van der Waals surface area contributed by atoms with Gasteiger partial charge in [-0.05, 0) is 49.8 Å². The number of nitrogens with one attached hydrogen (secondary N) is 2. The molecule has 166 valence electrons. The van der Waals surface area contributed by atoms with Gasteiger partial charge in [-0.3, -0.25) is 0 Å². The maximum Gasteiger partial charge on any atom is 0.191 e. The second-order valence-corrected chi connectivity index (χ2v) is 8.03. The Morgan fingerprint density at radius 1 is 1.23 bits per heavy atom. The van der Waals surface area contributed by atoms with Crippen LogP contribution in [0.1, 0.15) is 49.8 Å². The predicted molar refractivity (Wildman–Crippen MR) is 132 cm³/mol. The molecule has 8 heteroatoms. The minimum atomic E-state index is 0. The largest absolute Gasteiger partial charge is 0.497 e. The molecule has 30 heavy (non-hydrogen) atoms. The number of benzene rings is 1. The highest BCUT2D eigenvalue weighted by Crippen LogP contribution is 2.23. The van der Waals surface area contributed by atoms with Crippen LogP contribution < -0.4 is 15.4 Å². The Bertz CT molecular complexity index is 804. The fourth-order valence-electron chi connectivity index (χ4n) is 3.77. The molecule has 1 aromatic carbocycles. The van der Waals surface area contributed by atoms with Crippen molar-refractivity contribution in [2.45, 2.75) is 58.5 Å². The highest BCUT2D eigenvalue weighted by Gasteiger charge is 2.19. The molecule has 1 heterocycles. The van der Waals surface area contributed by atoms with Gasteiger partial charge in [0.1, 0.15) is 18.1 Å². The molecule has 1 fully saturated rings. The van der Waals surface area contributed by atoms with E-state index in [4.69, 9.17) is 9.73 Å². The van der Waals surface area contributed by atoms with E-state index in [0.29, 0.717) is 12.6 Å². The van der Waals surface area contributed by atoms with E-state index in [-0.39, 0.29) is 24.0 Å². The second-order valence-electron chi connectivity index (χ2n) is 8.03. The van der Waals surface area contributed by atoms with E-state index in [2.05, 4.69) is 39.9 Å². The number of nitrogens with zero attached hydrogens (tertiary/aromatic N) is 4. The molecule has 0 amide bonds. The SMILES string of the molecule is COc1ccc(CCNC(=NCc2nnc(C)n2C)NC2CCCC(C)C2)cc1.I. The van der Waals surface area contributed by atoms with Gasteiger partial charge in [-0.1, -0.05) is 31.9 Å². The van der Waals surface area contributed by atoms with Crippen molar-refractivity contribution in [1.29, 1.82) is 0 Å². The highest BCUT2D eigenvalue weighted by molar-refractivity contribution is 14.0. The fourth-order valence-corrected chi connectivity index (χ4v) is 3.77. The summed E-state index contributed by atoms with van der Waals surface area (Å²) in [6.07, 6.45) is 5.93. The van der Waals surface area contributed by atoms with Crippen LogP contribution in [-0.4, -0.2) is 40.4 Å². The standard InChI is InChI=1S/C22H34N6O.HI/c1-16-6-5-7-19(14-16)25-22(24-15-21-27-26-17(2)28(21)3)23-13-12-18-8-10-20(29-4)11-9-18;/h8-11,16,19H,5-7,12-15H2,1-4H3,(H2,23,24,25);1H. The number of hydrogen-bond acceptors (Lipinski definition) is 4. The third-order valence-corrected chi connectivity index (χ3v) is 5.70. The molecule has 2 unspecified atom stereocenters. The zero-order valence-electron chi connectivity index (χ0n) is 18.5. The van der Waals surface area contributed by atoms with Gasteiger partial charge in [-0.2, -0.15) is 0 Å². The van der Waals surface area contributed by atoms with Crippen molar-refractivity contribution in [2.75, 3.05) is 13.7 Å². The lowest BCUT2D eigenvalue weighted by atomic mass is 9.87. The molecule has 0 radical (unpaired) electrons. The zero-order chi connectivity index (χ0) is 20.6. The van der Waals surface area contributed by atoms with Gasteiger partial charge in [0.2, 0.25) is 0 Å². The summed E-state index contributed by atoms with van der Waals surface area (Å²) in [6, 6.07) is 8.70. The van der Waals surface area contributed by atoms with Crippen LogP contribution in [0, 0.1) is 12.8 Å². The van der Waals surface area contributed by atoms with Crippen LogP contribution in [-0.2, 0) is 20.0 Å². The van der Waals surface area contributed by atoms with Crippen molar-refractivity contribution in [3.05, 3.63) is 41.5 Å². The molecule has 2 atom stereocenters. The van der Waals surface area contributed by atoms with Crippen LogP contribution >= 0.6 is 24.0 Å². The maximum absolute atomic E-state index is 5.23. The number of aliphatic imine (C=N–C) groups is 1. The van der Waals surface area contributed by atoms with E-state index >= 15 is 0 Å². The molecule has 2 aromatic rings. The summed E-state index contributed by atoms with van der Waals surface area (Å²) in [5.74, 6) is 4.28. The lowest BCUT2D eigenvalue weighted by Gasteiger charge is -2.29. The van der Waals surface area contributed by atoms with E-state index in [1.807, 2.05) is 30.7 Å². The Hall–Kier alpha value is -1.84. The number of hydrogen-bond donors (Lipinski definition) is 2. The quantitative estimate of drug-likeness (QED) is 0.328. The number of aromatic nitrogens is 3. The lowest BCUT2D eigenvalue weighted by molar-refractivity contribution is 0.324. The summed E-state index contributed by atoms with van der Waals surface area (Å²) in [4.78, 5) is 4.80. The molecule has 0 spiro atoms. The number of halogens is 1. The molecule has 2 N–H and O–H groups in total. The number of rotatable bonds is 7. The zero-order valence-corrected chi connectivity index (χ0v) is 20.8. The highest BCUT2D eigenvalue weighted by atomic mass is 127. The number of aryl methyl sites for hydroxylation is 1. The summed E-state index contributed by atoms with van der Waals surface area (Å²) in [7, 11) is 3.67. The van der Waals surface area contributed by atoms with Crippen molar-refractivity contribution in [3.8, 4) is 5.75 Å². The predicted octanol–water partition coefficient (Wildman–Crippen LogP) is 3.61. The minimum absolute atomic E-state index is 0. The number of methoxy groups -OCH3 is 1. The van der Waals surface area contributed by atoms with E-state index < -0.39 is 0 Å². The summed E-state index contributed by atoms with van der Waals surface area (Å²) in [5.41, 5.74) is 1.27. The van der Waals surface area contributed by atoms with Crippen molar-refractivity contribution in [2.24, 2.45) is 18.0 Å². The van der Waals surface area contributed by atoms with Gasteiger partial charge in [0.15, 0.2) is 11.8 Å². The van der Waals surface area contributed by atoms with Crippen LogP contribution in [0.4, 0.5) is 0 Å². The molecular formula is C22H35IN6O. The topological polar surface area (TPSA) is 76.4 Å². The Balaban J connectivity index is 0.00000320. The smallest absolute Gasteiger partial charge is 0.191 e. The van der Waals surface area contributed by atoms with Crippen molar-refractivity contribution in [1.82, 2.24) is 25.4 Å². The van der Waals surface area contributed by atoms with E-state index in [1.54, 1.807) is 7.11 Å². The van der Waals surface area contributed by atoms with Gasteiger partial charge in [-0.25, -0.2) is 4.99 Å². The Kier molecular flexibility index (Phi) is 9.87. The molecule has 7 nitrogen and oxygen atoms in total. The van der Waals surface area contributed by atoms with Gasteiger partial charge in [0.05, 0.1) is 7.11 Å². The molecular weight excluding hydrogens is 491 g/mol. The summed E-state index contributed by atoms with van der Waals surface area (Å²) >= 11 is 0. The Morgan fingerprint density at radius 3 is 2.63 bits per heavy atom. The molecule has 3 rings (SSSR count). The first kappa shape index (κ1) is 24.4. The molecule has 0 saturated heterocycles. The van der Waals surface area contributed by atoms with Gasteiger partial charge < -0.3 is 19.9 Å². The third kappa shape index (κ3) is 7.14. The molecule has 1 saturated carbocycles. The first-order valence-corrected chi connectivity index (χ1v) is 10.6.